The van der Waals surface area contributed by atoms with Gasteiger partial charge in [-0.3, -0.25) is 4.79 Å². The van der Waals surface area contributed by atoms with Crippen molar-refractivity contribution in [3.05, 3.63) is 28.8 Å². The fraction of sp³-hybridized carbons (Fsp3) is 0. The molecule has 2 nitrogen and oxygen atoms in total. The lowest BCUT2D eigenvalue weighted by Gasteiger charge is -2.18. The van der Waals surface area contributed by atoms with Crippen LogP contribution in [0, 0.1) is 0 Å². The Hall–Kier alpha value is -1.02. The van der Waals surface area contributed by atoms with Crippen LogP contribution in [0.1, 0.15) is 10.4 Å². The minimum absolute atomic E-state index is 0.0440. The lowest BCUT2D eigenvalue weighted by Crippen LogP contribution is -2.24. The van der Waals surface area contributed by atoms with Crippen molar-refractivity contribution in [2.45, 2.75) is 0 Å². The van der Waals surface area contributed by atoms with E-state index in [1.54, 1.807) is 18.2 Å². The molecule has 1 heterocycles. The van der Waals surface area contributed by atoms with Gasteiger partial charge in [0.15, 0.2) is 0 Å². The van der Waals surface area contributed by atoms with Gasteiger partial charge in [-0.15, -0.1) is 0 Å². The lowest BCUT2D eigenvalue weighted by molar-refractivity contribution is 0.101. The molecule has 0 atom stereocenters. The van der Waals surface area contributed by atoms with Crippen LogP contribution in [0.2, 0.25) is 5.02 Å². The second-order valence-corrected chi connectivity index (χ2v) is 2.58. The monoisotopic (exact) mass is 153 g/mol. The number of nitrogens with one attached hydrogen (secondary N) is 1. The number of carbonyl (C=O) groups excluding carboxylic acids is 1. The van der Waals surface area contributed by atoms with E-state index in [0.29, 0.717) is 10.6 Å². The molecule has 1 aromatic rings. The summed E-state index contributed by atoms with van der Waals surface area (Å²) in [5, 5.41) is 3.22. The summed E-state index contributed by atoms with van der Waals surface area (Å²) in [6.07, 6.45) is 0. The number of fused-ring (bicyclic) bond motifs is 1. The fourth-order valence-corrected chi connectivity index (χ4v) is 1.11. The first-order valence-corrected chi connectivity index (χ1v) is 3.26. The molecule has 1 aliphatic rings. The second kappa shape index (κ2) is 1.73. The van der Waals surface area contributed by atoms with E-state index in [2.05, 4.69) is 5.32 Å². The number of rotatable bonds is 0. The zero-order valence-corrected chi connectivity index (χ0v) is 5.77. The quantitative estimate of drug-likeness (QED) is 0.606. The maximum absolute atomic E-state index is 10.7. The summed E-state index contributed by atoms with van der Waals surface area (Å²) in [7, 11) is 0. The SMILES string of the molecule is O=C1Nc2ccc(Cl)cc21. The minimum atomic E-state index is -0.0440. The molecular formula is C7H4ClNO. The Bertz CT molecular complexity index is 308. The summed E-state index contributed by atoms with van der Waals surface area (Å²) in [6, 6.07) is 5.20. The molecule has 0 unspecified atom stereocenters. The van der Waals surface area contributed by atoms with Gasteiger partial charge in [0.2, 0.25) is 0 Å². The van der Waals surface area contributed by atoms with Gasteiger partial charge in [0, 0.05) is 5.02 Å². The van der Waals surface area contributed by atoms with Crippen LogP contribution >= 0.6 is 11.6 Å². The molecule has 1 aromatic carbocycles. The van der Waals surface area contributed by atoms with Crippen LogP contribution in [0.25, 0.3) is 0 Å². The topological polar surface area (TPSA) is 29.1 Å². The third-order valence-electron chi connectivity index (χ3n) is 1.47. The van der Waals surface area contributed by atoms with Crippen LogP contribution in [0.4, 0.5) is 5.69 Å². The highest BCUT2D eigenvalue weighted by molar-refractivity contribution is 6.32. The zero-order valence-electron chi connectivity index (χ0n) is 5.02. The van der Waals surface area contributed by atoms with Crippen molar-refractivity contribution in [3.63, 3.8) is 0 Å². The number of amides is 1. The van der Waals surface area contributed by atoms with Gasteiger partial charge in [0.05, 0.1) is 11.3 Å². The Morgan fingerprint density at radius 3 is 2.80 bits per heavy atom. The largest absolute Gasteiger partial charge is 0.321 e. The molecule has 0 saturated carbocycles. The highest BCUT2D eigenvalue weighted by Crippen LogP contribution is 2.27. The molecule has 0 aliphatic carbocycles. The Morgan fingerprint density at radius 2 is 2.20 bits per heavy atom. The average molecular weight is 154 g/mol. The van der Waals surface area contributed by atoms with E-state index in [1.165, 1.54) is 0 Å². The van der Waals surface area contributed by atoms with Gasteiger partial charge in [-0.2, -0.15) is 0 Å². The van der Waals surface area contributed by atoms with Crippen molar-refractivity contribution in [2.24, 2.45) is 0 Å². The van der Waals surface area contributed by atoms with Crippen LogP contribution in [-0.4, -0.2) is 5.91 Å². The molecule has 0 aromatic heterocycles. The molecule has 0 spiro atoms. The third-order valence-corrected chi connectivity index (χ3v) is 1.71. The predicted octanol–water partition coefficient (Wildman–Crippen LogP) is 1.91. The van der Waals surface area contributed by atoms with E-state index in [1.807, 2.05) is 0 Å². The van der Waals surface area contributed by atoms with Gasteiger partial charge in [-0.1, -0.05) is 11.6 Å². The van der Waals surface area contributed by atoms with Gasteiger partial charge in [-0.25, -0.2) is 0 Å². The van der Waals surface area contributed by atoms with Gasteiger partial charge >= 0.3 is 0 Å². The van der Waals surface area contributed by atoms with Crippen LogP contribution in [0.5, 0.6) is 0 Å². The summed E-state index contributed by atoms with van der Waals surface area (Å²) < 4.78 is 0. The van der Waals surface area contributed by atoms with E-state index in [4.69, 9.17) is 11.6 Å². The summed E-state index contributed by atoms with van der Waals surface area (Å²) in [4.78, 5) is 10.7. The number of anilines is 1. The van der Waals surface area contributed by atoms with Crippen molar-refractivity contribution in [2.75, 3.05) is 5.32 Å². The van der Waals surface area contributed by atoms with E-state index in [0.717, 1.165) is 5.69 Å². The molecular weight excluding hydrogens is 150 g/mol. The number of carbonyl (C=O) groups is 1. The molecule has 0 fully saturated rings. The molecule has 0 saturated heterocycles. The Labute approximate surface area is 62.8 Å². The van der Waals surface area contributed by atoms with Crippen molar-refractivity contribution < 1.29 is 4.79 Å². The lowest BCUT2D eigenvalue weighted by atomic mass is 10.1. The van der Waals surface area contributed by atoms with Crippen LogP contribution in [-0.2, 0) is 0 Å². The first-order chi connectivity index (χ1) is 4.77. The van der Waals surface area contributed by atoms with Crippen LogP contribution in [0.3, 0.4) is 0 Å². The maximum atomic E-state index is 10.7. The van der Waals surface area contributed by atoms with E-state index >= 15 is 0 Å². The predicted molar refractivity (Wildman–Crippen MR) is 39.4 cm³/mol. The number of hydrogen-bond donors (Lipinski definition) is 1. The average Bonchev–Trinajstić information content (AvgIpc) is 1.92. The van der Waals surface area contributed by atoms with E-state index in [9.17, 15) is 4.79 Å². The molecule has 50 valence electrons. The highest BCUT2D eigenvalue weighted by Gasteiger charge is 2.21. The van der Waals surface area contributed by atoms with Crippen LogP contribution in [0.15, 0.2) is 18.2 Å². The normalized spacial score (nSPS) is 13.5. The summed E-state index contributed by atoms with van der Waals surface area (Å²) >= 11 is 5.64. The molecule has 3 heteroatoms. The minimum Gasteiger partial charge on any atom is -0.321 e. The van der Waals surface area contributed by atoms with Crippen molar-refractivity contribution >= 4 is 23.2 Å². The summed E-state index contributed by atoms with van der Waals surface area (Å²) in [5.41, 5.74) is 1.56. The molecule has 1 amide bonds. The fourth-order valence-electron chi connectivity index (χ4n) is 0.940. The number of halogens is 1. The van der Waals surface area contributed by atoms with Gasteiger partial charge in [0.25, 0.3) is 5.91 Å². The first kappa shape index (κ1) is 5.74. The van der Waals surface area contributed by atoms with Gasteiger partial charge in [-0.05, 0) is 18.2 Å². The van der Waals surface area contributed by atoms with Crippen LogP contribution < -0.4 is 5.32 Å². The van der Waals surface area contributed by atoms with Crippen molar-refractivity contribution in [1.29, 1.82) is 0 Å². The molecule has 1 N–H and O–H groups in total. The smallest absolute Gasteiger partial charge is 0.257 e. The van der Waals surface area contributed by atoms with Crippen molar-refractivity contribution in [1.82, 2.24) is 0 Å². The Morgan fingerprint density at radius 1 is 1.40 bits per heavy atom. The molecule has 0 radical (unpaired) electrons. The summed E-state index contributed by atoms with van der Waals surface area (Å²) in [5.74, 6) is -0.0440. The third kappa shape index (κ3) is 0.625. The number of hydrogen-bond acceptors (Lipinski definition) is 1. The maximum Gasteiger partial charge on any atom is 0.257 e. The summed E-state index contributed by atoms with van der Waals surface area (Å²) in [6.45, 7) is 0. The number of benzene rings is 1. The highest BCUT2D eigenvalue weighted by atomic mass is 35.5. The molecule has 0 bridgehead atoms. The Kier molecular flexibility index (Phi) is 0.995. The zero-order chi connectivity index (χ0) is 7.14. The first-order valence-electron chi connectivity index (χ1n) is 2.88. The molecule has 1 aliphatic heterocycles. The standard InChI is InChI=1S/C7H4ClNO/c8-4-1-2-6-5(3-4)7(10)9-6/h1-3H,(H,9,10). The van der Waals surface area contributed by atoms with E-state index in [-0.39, 0.29) is 5.91 Å². The van der Waals surface area contributed by atoms with Gasteiger partial charge in [0.1, 0.15) is 0 Å². The van der Waals surface area contributed by atoms with E-state index < -0.39 is 0 Å². The van der Waals surface area contributed by atoms with Crippen molar-refractivity contribution in [3.8, 4) is 0 Å². The molecule has 2 rings (SSSR count). The Balaban J connectivity index is 2.61. The second-order valence-electron chi connectivity index (χ2n) is 2.14. The van der Waals surface area contributed by atoms with Gasteiger partial charge < -0.3 is 5.32 Å². The molecule has 10 heavy (non-hydrogen) atoms.